The van der Waals surface area contributed by atoms with Gasteiger partial charge in [0.25, 0.3) is 10.0 Å². The fraction of sp³-hybridized carbons (Fsp3) is 0. The highest BCUT2D eigenvalue weighted by Gasteiger charge is 2.12. The van der Waals surface area contributed by atoms with Crippen LogP contribution in [0, 0.1) is 0 Å². The van der Waals surface area contributed by atoms with Crippen molar-refractivity contribution in [3.05, 3.63) is 62.5 Å². The van der Waals surface area contributed by atoms with Gasteiger partial charge in [0.05, 0.1) is 16.1 Å². The van der Waals surface area contributed by atoms with Crippen LogP contribution in [0.2, 0.25) is 10.0 Å². The van der Waals surface area contributed by atoms with Gasteiger partial charge in [0, 0.05) is 15.1 Å². The van der Waals surface area contributed by atoms with E-state index in [1.165, 1.54) is 18.3 Å². The molecule has 0 unspecified atom stereocenters. The van der Waals surface area contributed by atoms with E-state index in [-0.39, 0.29) is 4.90 Å². The fourth-order valence-corrected chi connectivity index (χ4v) is 2.95. The van der Waals surface area contributed by atoms with Crippen molar-refractivity contribution >= 4 is 55.4 Å². The first-order chi connectivity index (χ1) is 9.88. The first kappa shape index (κ1) is 16.3. The van der Waals surface area contributed by atoms with E-state index in [2.05, 4.69) is 25.9 Å². The zero-order chi connectivity index (χ0) is 15.5. The van der Waals surface area contributed by atoms with E-state index < -0.39 is 10.0 Å². The average molecular weight is 408 g/mol. The predicted octanol–water partition coefficient (Wildman–Crippen LogP) is 4.07. The molecule has 0 fully saturated rings. The molecule has 0 saturated heterocycles. The van der Waals surface area contributed by atoms with Gasteiger partial charge in [-0.3, -0.25) is 0 Å². The Bertz CT molecular complexity index is 777. The maximum atomic E-state index is 12.0. The molecule has 110 valence electrons. The number of hydrazone groups is 1. The monoisotopic (exact) mass is 406 g/mol. The van der Waals surface area contributed by atoms with E-state index in [1.54, 1.807) is 30.3 Å². The summed E-state index contributed by atoms with van der Waals surface area (Å²) in [5.41, 5.74) is 0.555. The summed E-state index contributed by atoms with van der Waals surface area (Å²) in [6.45, 7) is 0. The lowest BCUT2D eigenvalue weighted by atomic mass is 10.2. The first-order valence-electron chi connectivity index (χ1n) is 5.64. The molecule has 0 bridgehead atoms. The average Bonchev–Trinajstić information content (AvgIpc) is 2.41. The molecule has 0 saturated carbocycles. The molecular formula is C13H9BrCl2N2O2S. The minimum Gasteiger partial charge on any atom is -0.200 e. The first-order valence-corrected chi connectivity index (χ1v) is 8.67. The Morgan fingerprint density at radius 3 is 2.38 bits per heavy atom. The van der Waals surface area contributed by atoms with Crippen molar-refractivity contribution in [2.24, 2.45) is 5.10 Å². The molecule has 0 radical (unpaired) electrons. The molecule has 2 aromatic rings. The van der Waals surface area contributed by atoms with Crippen LogP contribution in [0.1, 0.15) is 5.56 Å². The quantitative estimate of drug-likeness (QED) is 0.613. The maximum Gasteiger partial charge on any atom is 0.276 e. The molecule has 8 heteroatoms. The molecular weight excluding hydrogens is 399 g/mol. The third-order valence-electron chi connectivity index (χ3n) is 2.46. The van der Waals surface area contributed by atoms with E-state index in [4.69, 9.17) is 23.2 Å². The fourth-order valence-electron chi connectivity index (χ4n) is 1.44. The van der Waals surface area contributed by atoms with E-state index in [9.17, 15) is 8.42 Å². The lowest BCUT2D eigenvalue weighted by Crippen LogP contribution is -2.18. The van der Waals surface area contributed by atoms with Gasteiger partial charge in [0.15, 0.2) is 0 Å². The van der Waals surface area contributed by atoms with Crippen LogP contribution in [0.15, 0.2) is 56.9 Å². The summed E-state index contributed by atoms with van der Waals surface area (Å²) in [5.74, 6) is 0. The van der Waals surface area contributed by atoms with Crippen molar-refractivity contribution < 1.29 is 8.42 Å². The molecule has 0 heterocycles. The molecule has 21 heavy (non-hydrogen) atoms. The SMILES string of the molecule is O=S(=O)(N/N=C/c1ccc(Cl)cc1Cl)c1ccc(Br)cc1. The topological polar surface area (TPSA) is 58.5 Å². The summed E-state index contributed by atoms with van der Waals surface area (Å²) in [6, 6.07) is 11.0. The van der Waals surface area contributed by atoms with Gasteiger partial charge in [-0.25, -0.2) is 4.83 Å². The molecule has 2 rings (SSSR count). The maximum absolute atomic E-state index is 12.0. The Morgan fingerprint density at radius 1 is 1.10 bits per heavy atom. The molecule has 0 atom stereocenters. The third-order valence-corrected chi connectivity index (χ3v) is 4.79. The number of benzene rings is 2. The number of rotatable bonds is 4. The van der Waals surface area contributed by atoms with Crippen LogP contribution < -0.4 is 4.83 Å². The number of halogens is 3. The molecule has 0 aromatic heterocycles. The van der Waals surface area contributed by atoms with Crippen LogP contribution >= 0.6 is 39.1 Å². The molecule has 0 aliphatic heterocycles. The van der Waals surface area contributed by atoms with Crippen LogP contribution in [0.4, 0.5) is 0 Å². The highest BCUT2D eigenvalue weighted by Crippen LogP contribution is 2.19. The second-order valence-electron chi connectivity index (χ2n) is 3.97. The molecule has 0 aliphatic rings. The standard InChI is InChI=1S/C13H9BrCl2N2O2S/c14-10-2-5-12(6-3-10)21(19,20)18-17-8-9-1-4-11(15)7-13(9)16/h1-8,18H/b17-8+. The summed E-state index contributed by atoms with van der Waals surface area (Å²) in [6.07, 6.45) is 1.31. The van der Waals surface area contributed by atoms with Gasteiger partial charge in [-0.1, -0.05) is 45.2 Å². The highest BCUT2D eigenvalue weighted by atomic mass is 79.9. The van der Waals surface area contributed by atoms with Crippen LogP contribution in [0.25, 0.3) is 0 Å². The second-order valence-corrected chi connectivity index (χ2v) is 7.39. The van der Waals surface area contributed by atoms with Crippen molar-refractivity contribution in [3.63, 3.8) is 0 Å². The van der Waals surface area contributed by atoms with Crippen molar-refractivity contribution in [2.75, 3.05) is 0 Å². The summed E-state index contributed by atoms with van der Waals surface area (Å²) in [5, 5.41) is 4.58. The van der Waals surface area contributed by atoms with Gasteiger partial charge >= 0.3 is 0 Å². The van der Waals surface area contributed by atoms with E-state index >= 15 is 0 Å². The van der Waals surface area contributed by atoms with Crippen LogP contribution in [-0.2, 0) is 10.0 Å². The van der Waals surface area contributed by atoms with Crippen molar-refractivity contribution in [3.8, 4) is 0 Å². The highest BCUT2D eigenvalue weighted by molar-refractivity contribution is 9.10. The summed E-state index contributed by atoms with van der Waals surface area (Å²) in [4.78, 5) is 2.24. The summed E-state index contributed by atoms with van der Waals surface area (Å²) in [7, 11) is -3.71. The van der Waals surface area contributed by atoms with Gasteiger partial charge in [-0.05, 0) is 36.4 Å². The Labute approximate surface area is 141 Å². The van der Waals surface area contributed by atoms with Gasteiger partial charge in [0.2, 0.25) is 0 Å². The van der Waals surface area contributed by atoms with Gasteiger partial charge in [-0.15, -0.1) is 0 Å². The van der Waals surface area contributed by atoms with Crippen LogP contribution in [0.5, 0.6) is 0 Å². The number of nitrogens with one attached hydrogen (secondary N) is 1. The lowest BCUT2D eigenvalue weighted by molar-refractivity contribution is 0.584. The predicted molar refractivity (Wildman–Crippen MR) is 88.5 cm³/mol. The van der Waals surface area contributed by atoms with Crippen LogP contribution in [0.3, 0.4) is 0 Å². The van der Waals surface area contributed by atoms with Crippen molar-refractivity contribution in [2.45, 2.75) is 4.90 Å². The zero-order valence-corrected chi connectivity index (χ0v) is 14.3. The third kappa shape index (κ3) is 4.44. The molecule has 0 aliphatic carbocycles. The Balaban J connectivity index is 2.14. The summed E-state index contributed by atoms with van der Waals surface area (Å²) < 4.78 is 24.7. The van der Waals surface area contributed by atoms with Gasteiger partial charge < -0.3 is 0 Å². The number of hydrogen-bond donors (Lipinski definition) is 1. The van der Waals surface area contributed by atoms with Gasteiger partial charge in [-0.2, -0.15) is 13.5 Å². The largest absolute Gasteiger partial charge is 0.276 e. The second kappa shape index (κ2) is 6.79. The Kier molecular flexibility index (Phi) is 5.27. The van der Waals surface area contributed by atoms with E-state index in [1.807, 2.05) is 0 Å². The number of nitrogens with zero attached hydrogens (tertiary/aromatic N) is 1. The van der Waals surface area contributed by atoms with Crippen LogP contribution in [-0.4, -0.2) is 14.6 Å². The summed E-state index contributed by atoms with van der Waals surface area (Å²) >= 11 is 15.0. The Hall–Kier alpha value is -1.08. The van der Waals surface area contributed by atoms with Crippen molar-refractivity contribution in [1.29, 1.82) is 0 Å². The van der Waals surface area contributed by atoms with E-state index in [0.717, 1.165) is 4.47 Å². The normalized spacial score (nSPS) is 11.8. The zero-order valence-electron chi connectivity index (χ0n) is 10.4. The van der Waals surface area contributed by atoms with Gasteiger partial charge in [0.1, 0.15) is 0 Å². The Morgan fingerprint density at radius 2 is 1.76 bits per heavy atom. The smallest absolute Gasteiger partial charge is 0.200 e. The molecule has 1 N–H and O–H groups in total. The number of hydrogen-bond acceptors (Lipinski definition) is 3. The number of sulfonamides is 1. The molecule has 2 aromatic carbocycles. The molecule has 0 amide bonds. The minimum atomic E-state index is -3.71. The van der Waals surface area contributed by atoms with Crippen molar-refractivity contribution in [1.82, 2.24) is 4.83 Å². The molecule has 0 spiro atoms. The molecule has 4 nitrogen and oxygen atoms in total. The van der Waals surface area contributed by atoms with E-state index in [0.29, 0.717) is 15.6 Å². The minimum absolute atomic E-state index is 0.116. The lowest BCUT2D eigenvalue weighted by Gasteiger charge is -2.03.